The fraction of sp³-hybridized carbons (Fsp3) is 0.450. The summed E-state index contributed by atoms with van der Waals surface area (Å²) in [6.07, 6.45) is 4.09. The number of rotatable bonds is 9. The third-order valence-corrected chi connectivity index (χ3v) is 5.45. The first-order valence-corrected chi connectivity index (χ1v) is 10.7. The van der Waals surface area contributed by atoms with Gasteiger partial charge in [-0.05, 0) is 38.0 Å². The van der Waals surface area contributed by atoms with Gasteiger partial charge in [-0.2, -0.15) is 0 Å². The van der Waals surface area contributed by atoms with Gasteiger partial charge in [-0.15, -0.1) is 35.3 Å². The average molecular weight is 550 g/mol. The Bertz CT molecular complexity index is 812. The zero-order valence-corrected chi connectivity index (χ0v) is 21.0. The van der Waals surface area contributed by atoms with E-state index in [4.69, 9.17) is 11.6 Å². The van der Waals surface area contributed by atoms with Crippen molar-refractivity contribution in [3.63, 3.8) is 0 Å². The number of aryl methyl sites for hydroxylation is 2. The van der Waals surface area contributed by atoms with Crippen molar-refractivity contribution >= 4 is 64.5 Å². The molecule has 0 fully saturated rings. The lowest BCUT2D eigenvalue weighted by molar-refractivity contribution is -0.116. The molecule has 0 aliphatic rings. The lowest BCUT2D eigenvalue weighted by Crippen LogP contribution is -2.38. The van der Waals surface area contributed by atoms with Crippen LogP contribution in [0.5, 0.6) is 0 Å². The molecule has 0 radical (unpaired) electrons. The third-order valence-electron chi connectivity index (χ3n) is 3.93. The summed E-state index contributed by atoms with van der Waals surface area (Å²) >= 11 is 7.89. The van der Waals surface area contributed by atoms with Gasteiger partial charge < -0.3 is 16.0 Å². The van der Waals surface area contributed by atoms with Crippen molar-refractivity contribution in [1.82, 2.24) is 15.6 Å². The summed E-state index contributed by atoms with van der Waals surface area (Å²) in [5.41, 5.74) is 1.69. The van der Waals surface area contributed by atoms with E-state index < -0.39 is 0 Å². The summed E-state index contributed by atoms with van der Waals surface area (Å²) in [6.45, 7) is 7.99. The van der Waals surface area contributed by atoms with Gasteiger partial charge in [-0.25, -0.2) is 4.98 Å². The van der Waals surface area contributed by atoms with E-state index in [1.54, 1.807) is 11.3 Å². The monoisotopic (exact) mass is 549 g/mol. The highest BCUT2D eigenvalue weighted by Gasteiger charge is 2.07. The van der Waals surface area contributed by atoms with Crippen molar-refractivity contribution in [2.24, 2.45) is 4.99 Å². The van der Waals surface area contributed by atoms with Crippen molar-refractivity contribution in [2.75, 3.05) is 25.0 Å². The molecule has 0 spiro atoms. The maximum atomic E-state index is 12.1. The molecule has 9 heteroatoms. The highest BCUT2D eigenvalue weighted by Crippen LogP contribution is 2.22. The zero-order chi connectivity index (χ0) is 20.4. The molecule has 1 aromatic heterocycles. The number of aromatic nitrogens is 1. The molecule has 0 aliphatic carbocycles. The van der Waals surface area contributed by atoms with Crippen LogP contribution in [-0.4, -0.2) is 36.5 Å². The number of hydrogen-bond acceptors (Lipinski definition) is 4. The average Bonchev–Trinajstić information content (AvgIpc) is 3.12. The summed E-state index contributed by atoms with van der Waals surface area (Å²) in [5, 5.41) is 10.9. The van der Waals surface area contributed by atoms with Crippen molar-refractivity contribution in [2.45, 2.75) is 40.0 Å². The maximum Gasteiger partial charge on any atom is 0.226 e. The number of hydrogen-bond donors (Lipinski definition) is 3. The molecule has 1 aromatic carbocycles. The summed E-state index contributed by atoms with van der Waals surface area (Å²) in [5.74, 6) is 0.611. The molecule has 1 heterocycles. The predicted molar refractivity (Wildman–Crippen MR) is 134 cm³/mol. The van der Waals surface area contributed by atoms with E-state index in [9.17, 15) is 4.79 Å². The smallest absolute Gasteiger partial charge is 0.226 e. The highest BCUT2D eigenvalue weighted by molar-refractivity contribution is 14.0. The Hall–Kier alpha value is -1.39. The van der Waals surface area contributed by atoms with Crippen LogP contribution < -0.4 is 16.0 Å². The van der Waals surface area contributed by atoms with Crippen molar-refractivity contribution in [3.8, 4) is 0 Å². The first kappa shape index (κ1) is 25.6. The van der Waals surface area contributed by atoms with Crippen molar-refractivity contribution in [1.29, 1.82) is 0 Å². The minimum atomic E-state index is -0.0935. The molecular formula is C20H29ClIN5OS. The number of anilines is 1. The van der Waals surface area contributed by atoms with Gasteiger partial charge in [0.05, 0.1) is 15.7 Å². The first-order valence-electron chi connectivity index (χ1n) is 9.53. The number of carbonyl (C=O) groups is 1. The van der Waals surface area contributed by atoms with Gasteiger partial charge in [0.2, 0.25) is 5.91 Å². The van der Waals surface area contributed by atoms with E-state index in [0.29, 0.717) is 36.2 Å². The first-order chi connectivity index (χ1) is 13.5. The number of nitrogens with zero attached hydrogens (tertiary/aromatic N) is 2. The number of benzene rings is 1. The molecule has 0 bridgehead atoms. The molecular weight excluding hydrogens is 521 g/mol. The molecule has 160 valence electrons. The number of amides is 1. The van der Waals surface area contributed by atoms with Crippen molar-refractivity contribution in [3.05, 3.63) is 44.9 Å². The minimum Gasteiger partial charge on any atom is -0.357 e. The molecule has 0 atom stereocenters. The van der Waals surface area contributed by atoms with Crippen LogP contribution in [0.15, 0.2) is 29.4 Å². The summed E-state index contributed by atoms with van der Waals surface area (Å²) in [7, 11) is 0. The van der Waals surface area contributed by atoms with Crippen LogP contribution >= 0.6 is 46.9 Å². The quantitative estimate of drug-likeness (QED) is 0.246. The number of halogens is 2. The molecule has 0 unspecified atom stereocenters. The van der Waals surface area contributed by atoms with Crippen LogP contribution in [0.4, 0.5) is 5.69 Å². The number of guanidine groups is 1. The molecule has 1 amide bonds. The Balaban J connectivity index is 0.00000420. The molecule has 3 N–H and O–H groups in total. The Morgan fingerprint density at radius 1 is 1.28 bits per heavy atom. The standard InChI is InChI=1S/C20H28ClN5OS.HI/c1-4-15-13-25-19(28-15)9-11-24-20(22-5-2)23-10-8-18(27)26-17-7-6-14(3)12-16(17)21;/h6-7,12-13H,4-5,8-11H2,1-3H3,(H,26,27)(H2,22,23,24);1H. The van der Waals surface area contributed by atoms with E-state index in [2.05, 4.69) is 32.9 Å². The van der Waals surface area contributed by atoms with E-state index in [0.717, 1.165) is 30.0 Å². The molecule has 6 nitrogen and oxygen atoms in total. The Morgan fingerprint density at radius 3 is 2.72 bits per heavy atom. The number of thiazole rings is 1. The van der Waals surface area contributed by atoms with Crippen LogP contribution in [0.25, 0.3) is 0 Å². The van der Waals surface area contributed by atoms with Crippen LogP contribution in [0.3, 0.4) is 0 Å². The molecule has 0 aliphatic heterocycles. The Morgan fingerprint density at radius 2 is 2.07 bits per heavy atom. The van der Waals surface area contributed by atoms with Crippen LogP contribution in [0.1, 0.15) is 35.7 Å². The lowest BCUT2D eigenvalue weighted by atomic mass is 10.2. The van der Waals surface area contributed by atoms with E-state index in [1.165, 1.54) is 4.88 Å². The molecule has 2 aromatic rings. The second kappa shape index (κ2) is 13.8. The topological polar surface area (TPSA) is 78.4 Å². The van der Waals surface area contributed by atoms with Gasteiger partial charge in [0.15, 0.2) is 5.96 Å². The van der Waals surface area contributed by atoms with Gasteiger partial charge in [-0.3, -0.25) is 9.79 Å². The fourth-order valence-electron chi connectivity index (χ4n) is 2.46. The van der Waals surface area contributed by atoms with Gasteiger partial charge >= 0.3 is 0 Å². The van der Waals surface area contributed by atoms with Gasteiger partial charge in [0.1, 0.15) is 0 Å². The van der Waals surface area contributed by atoms with Gasteiger partial charge in [-0.1, -0.05) is 24.6 Å². The molecule has 0 saturated heterocycles. The zero-order valence-electron chi connectivity index (χ0n) is 17.0. The van der Waals surface area contributed by atoms with E-state index in [-0.39, 0.29) is 29.9 Å². The van der Waals surface area contributed by atoms with Crippen LogP contribution in [0, 0.1) is 6.92 Å². The molecule has 0 saturated carbocycles. The second-order valence-corrected chi connectivity index (χ2v) is 7.90. The molecule has 29 heavy (non-hydrogen) atoms. The summed E-state index contributed by atoms with van der Waals surface area (Å²) < 4.78 is 0. The second-order valence-electron chi connectivity index (χ2n) is 6.29. The third kappa shape index (κ3) is 9.31. The maximum absolute atomic E-state index is 12.1. The summed E-state index contributed by atoms with van der Waals surface area (Å²) in [6, 6.07) is 5.57. The highest BCUT2D eigenvalue weighted by atomic mass is 127. The number of nitrogens with one attached hydrogen (secondary N) is 3. The van der Waals surface area contributed by atoms with Crippen molar-refractivity contribution < 1.29 is 4.79 Å². The van der Waals surface area contributed by atoms with Gasteiger partial charge in [0.25, 0.3) is 0 Å². The predicted octanol–water partition coefficient (Wildman–Crippen LogP) is 4.41. The Labute approximate surface area is 199 Å². The summed E-state index contributed by atoms with van der Waals surface area (Å²) in [4.78, 5) is 22.4. The van der Waals surface area contributed by atoms with E-state index in [1.807, 2.05) is 38.2 Å². The number of aliphatic imine (C=N–C) groups is 1. The normalized spacial score (nSPS) is 11.0. The fourth-order valence-corrected chi connectivity index (χ4v) is 3.59. The minimum absolute atomic E-state index is 0. The SMILES string of the molecule is CCNC(=NCCc1ncc(CC)s1)NCCC(=O)Nc1ccc(C)cc1Cl.I. The van der Waals surface area contributed by atoms with Crippen LogP contribution in [0.2, 0.25) is 5.02 Å². The largest absolute Gasteiger partial charge is 0.357 e. The Kier molecular flexibility index (Phi) is 12.2. The van der Waals surface area contributed by atoms with Gasteiger partial charge in [0, 0.05) is 43.5 Å². The van der Waals surface area contributed by atoms with Crippen LogP contribution in [-0.2, 0) is 17.6 Å². The number of carbonyl (C=O) groups excluding carboxylic acids is 1. The lowest BCUT2D eigenvalue weighted by Gasteiger charge is -2.12. The van der Waals surface area contributed by atoms with E-state index >= 15 is 0 Å². The molecule has 2 rings (SSSR count).